The van der Waals surface area contributed by atoms with Crippen LogP contribution in [0.4, 0.5) is 10.5 Å². The largest absolute Gasteiger partial charge is 0.488 e. The molecule has 0 aliphatic carbocycles. The van der Waals surface area contributed by atoms with E-state index in [9.17, 15) is 4.79 Å². The van der Waals surface area contributed by atoms with Crippen LogP contribution in [0.5, 0.6) is 11.5 Å². The van der Waals surface area contributed by atoms with Gasteiger partial charge in [0.15, 0.2) is 5.96 Å². The second-order valence-electron chi connectivity index (χ2n) is 7.67. The number of hydrogen-bond acceptors (Lipinski definition) is 4. The van der Waals surface area contributed by atoms with Gasteiger partial charge in [0.25, 0.3) is 0 Å². The number of aliphatic imine (C=N–C) groups is 1. The summed E-state index contributed by atoms with van der Waals surface area (Å²) >= 11 is 6.70. The number of carbonyl (C=O) groups excluding carboxylic acids is 1. The Hall–Kier alpha value is -3.71. The highest BCUT2D eigenvalue weighted by molar-refractivity contribution is 6.35. The Bertz CT molecular complexity index is 1070. The molecule has 3 aromatic carbocycles. The van der Waals surface area contributed by atoms with Crippen LogP contribution >= 0.6 is 11.6 Å². The van der Waals surface area contributed by atoms with Gasteiger partial charge in [0.2, 0.25) is 0 Å². The van der Waals surface area contributed by atoms with Gasteiger partial charge >= 0.3 is 6.03 Å². The van der Waals surface area contributed by atoms with Crippen molar-refractivity contribution in [2.45, 2.75) is 34.0 Å². The molecular formula is C27H31ClN4O3. The normalized spacial score (nSPS) is 11.0. The molecule has 184 valence electrons. The average molecular weight is 495 g/mol. The third-order valence-corrected chi connectivity index (χ3v) is 5.42. The molecule has 0 bridgehead atoms. The third-order valence-electron chi connectivity index (χ3n) is 5.05. The summed E-state index contributed by atoms with van der Waals surface area (Å²) in [6.45, 7) is 7.50. The maximum atomic E-state index is 12.8. The minimum absolute atomic E-state index is 0.290. The summed E-state index contributed by atoms with van der Waals surface area (Å²) in [4.78, 5) is 17.0. The zero-order valence-corrected chi connectivity index (χ0v) is 21.0. The summed E-state index contributed by atoms with van der Waals surface area (Å²) in [6.07, 6.45) is 0. The van der Waals surface area contributed by atoms with E-state index in [1.54, 1.807) is 6.07 Å². The van der Waals surface area contributed by atoms with E-state index < -0.39 is 6.03 Å². The number of hydrogen-bond donors (Lipinski definition) is 3. The van der Waals surface area contributed by atoms with Gasteiger partial charge in [-0.2, -0.15) is 0 Å². The summed E-state index contributed by atoms with van der Waals surface area (Å²) in [5.41, 5.74) is 3.11. The summed E-state index contributed by atoms with van der Waals surface area (Å²) < 4.78 is 12.1. The van der Waals surface area contributed by atoms with Crippen LogP contribution in [0.3, 0.4) is 0 Å². The van der Waals surface area contributed by atoms with E-state index in [1.165, 1.54) is 0 Å². The number of carbonyl (C=O) groups is 1. The summed E-state index contributed by atoms with van der Waals surface area (Å²) in [6, 6.07) is 20.9. The van der Waals surface area contributed by atoms with Gasteiger partial charge in [-0.25, -0.2) is 4.79 Å². The van der Waals surface area contributed by atoms with Gasteiger partial charge in [-0.05, 0) is 31.9 Å². The number of anilines is 1. The van der Waals surface area contributed by atoms with Gasteiger partial charge in [-0.1, -0.05) is 72.3 Å². The highest BCUT2D eigenvalue weighted by Gasteiger charge is 2.19. The molecule has 0 spiro atoms. The SMILES string of the molecule is CCN=C(NCC)NC(=O)Nc1c(C)c(OCc2ccccc2)cc(OCc2ccccc2)c1Cl. The molecule has 0 unspecified atom stereocenters. The van der Waals surface area contributed by atoms with Crippen molar-refractivity contribution in [2.75, 3.05) is 18.4 Å². The van der Waals surface area contributed by atoms with Crippen molar-refractivity contribution >= 4 is 29.3 Å². The fraction of sp³-hybridized carbons (Fsp3) is 0.259. The van der Waals surface area contributed by atoms with Crippen molar-refractivity contribution in [3.8, 4) is 11.5 Å². The maximum absolute atomic E-state index is 12.8. The zero-order chi connectivity index (χ0) is 25.0. The van der Waals surface area contributed by atoms with Crippen LogP contribution in [-0.4, -0.2) is 25.1 Å². The molecule has 0 saturated heterocycles. The smallest absolute Gasteiger partial charge is 0.326 e. The molecule has 0 radical (unpaired) electrons. The molecule has 35 heavy (non-hydrogen) atoms. The van der Waals surface area contributed by atoms with Crippen LogP contribution in [0.1, 0.15) is 30.5 Å². The van der Waals surface area contributed by atoms with E-state index in [-0.39, 0.29) is 5.02 Å². The lowest BCUT2D eigenvalue weighted by atomic mass is 10.1. The molecule has 0 fully saturated rings. The van der Waals surface area contributed by atoms with Gasteiger partial charge in [0.05, 0.1) is 5.69 Å². The molecule has 0 aromatic heterocycles. The lowest BCUT2D eigenvalue weighted by Gasteiger charge is -2.19. The van der Waals surface area contributed by atoms with E-state index in [0.29, 0.717) is 55.0 Å². The van der Waals surface area contributed by atoms with Gasteiger partial charge < -0.3 is 20.1 Å². The van der Waals surface area contributed by atoms with Gasteiger partial charge in [0, 0.05) is 24.7 Å². The minimum Gasteiger partial charge on any atom is -0.488 e. The molecule has 3 rings (SSSR count). The summed E-state index contributed by atoms with van der Waals surface area (Å²) in [5, 5.41) is 8.88. The fourth-order valence-electron chi connectivity index (χ4n) is 3.29. The number of rotatable bonds is 9. The van der Waals surface area contributed by atoms with Crippen LogP contribution in [-0.2, 0) is 13.2 Å². The van der Waals surface area contributed by atoms with Crippen LogP contribution in [0.25, 0.3) is 0 Å². The minimum atomic E-state index is -0.475. The van der Waals surface area contributed by atoms with Crippen molar-refractivity contribution in [1.29, 1.82) is 0 Å². The highest BCUT2D eigenvalue weighted by atomic mass is 35.5. The first kappa shape index (κ1) is 25.9. The number of guanidine groups is 1. The van der Waals surface area contributed by atoms with Crippen LogP contribution in [0.15, 0.2) is 71.7 Å². The lowest BCUT2D eigenvalue weighted by Crippen LogP contribution is -2.43. The molecule has 3 N–H and O–H groups in total. The predicted octanol–water partition coefficient (Wildman–Crippen LogP) is 5.91. The van der Waals surface area contributed by atoms with E-state index in [4.69, 9.17) is 21.1 Å². The number of nitrogens with zero attached hydrogens (tertiary/aromatic N) is 1. The Morgan fingerprint density at radius 3 is 2.03 bits per heavy atom. The van der Waals surface area contributed by atoms with Gasteiger partial charge in [-0.15, -0.1) is 0 Å². The third kappa shape index (κ3) is 7.65. The summed E-state index contributed by atoms with van der Waals surface area (Å²) in [7, 11) is 0. The van der Waals surface area contributed by atoms with Gasteiger partial charge in [-0.3, -0.25) is 10.3 Å². The van der Waals surface area contributed by atoms with Crippen molar-refractivity contribution in [2.24, 2.45) is 4.99 Å². The Morgan fingerprint density at radius 1 is 0.914 bits per heavy atom. The molecular weight excluding hydrogens is 464 g/mol. The van der Waals surface area contributed by atoms with E-state index in [0.717, 1.165) is 11.1 Å². The number of benzene rings is 3. The van der Waals surface area contributed by atoms with E-state index in [1.807, 2.05) is 81.4 Å². The van der Waals surface area contributed by atoms with Crippen molar-refractivity contribution in [3.05, 3.63) is 88.4 Å². The first-order valence-electron chi connectivity index (χ1n) is 11.5. The van der Waals surface area contributed by atoms with Gasteiger partial charge in [0.1, 0.15) is 29.7 Å². The molecule has 2 amide bonds. The number of ether oxygens (including phenoxy) is 2. The molecule has 3 aromatic rings. The Labute approximate surface area is 211 Å². The van der Waals surface area contributed by atoms with Crippen LogP contribution in [0.2, 0.25) is 5.02 Å². The molecule has 0 atom stereocenters. The van der Waals surface area contributed by atoms with Crippen molar-refractivity contribution in [1.82, 2.24) is 10.6 Å². The molecule has 8 heteroatoms. The number of amides is 2. The predicted molar refractivity (Wildman–Crippen MR) is 142 cm³/mol. The topological polar surface area (TPSA) is 84.0 Å². The molecule has 0 aliphatic rings. The van der Waals surface area contributed by atoms with Crippen molar-refractivity contribution < 1.29 is 14.3 Å². The van der Waals surface area contributed by atoms with E-state index >= 15 is 0 Å². The number of halogens is 1. The quantitative estimate of drug-likeness (QED) is 0.255. The summed E-state index contributed by atoms with van der Waals surface area (Å²) in [5.74, 6) is 1.36. The lowest BCUT2D eigenvalue weighted by molar-refractivity contribution is 0.255. The molecule has 0 saturated carbocycles. The monoisotopic (exact) mass is 494 g/mol. The number of urea groups is 1. The second-order valence-corrected chi connectivity index (χ2v) is 8.05. The Morgan fingerprint density at radius 2 is 1.49 bits per heavy atom. The first-order chi connectivity index (χ1) is 17.0. The Kier molecular flexibility index (Phi) is 9.80. The molecule has 0 heterocycles. The van der Waals surface area contributed by atoms with Crippen LogP contribution < -0.4 is 25.4 Å². The van der Waals surface area contributed by atoms with Crippen molar-refractivity contribution in [3.63, 3.8) is 0 Å². The zero-order valence-electron chi connectivity index (χ0n) is 20.2. The fourth-order valence-corrected chi connectivity index (χ4v) is 3.59. The number of nitrogens with one attached hydrogen (secondary N) is 3. The maximum Gasteiger partial charge on any atom is 0.326 e. The highest BCUT2D eigenvalue weighted by Crippen LogP contribution is 2.41. The first-order valence-corrected chi connectivity index (χ1v) is 11.9. The second kappa shape index (κ2) is 13.2. The average Bonchev–Trinajstić information content (AvgIpc) is 2.87. The molecule has 7 nitrogen and oxygen atoms in total. The van der Waals surface area contributed by atoms with Crippen LogP contribution in [0, 0.1) is 6.92 Å². The molecule has 0 aliphatic heterocycles. The van der Waals surface area contributed by atoms with E-state index in [2.05, 4.69) is 20.9 Å². The standard InChI is InChI=1S/C27H31ClN4O3/c1-4-29-26(30-5-2)32-27(33)31-25-19(3)22(34-17-20-12-8-6-9-13-20)16-23(24(25)28)35-18-21-14-10-7-11-15-21/h6-16H,4-5,17-18H2,1-3H3,(H3,29,30,31,32,33). The Balaban J connectivity index is 1.87.